The fourth-order valence-electron chi connectivity index (χ4n) is 4.59. The number of unbranched alkanes of at least 4 members (excludes halogenated alkanes) is 1. The third-order valence-electron chi connectivity index (χ3n) is 6.29. The summed E-state index contributed by atoms with van der Waals surface area (Å²) < 4.78 is 0. The van der Waals surface area contributed by atoms with Gasteiger partial charge in [-0.25, -0.2) is 0 Å². The Bertz CT molecular complexity index is 729. The van der Waals surface area contributed by atoms with Gasteiger partial charge in [-0.1, -0.05) is 57.0 Å². The molecule has 2 amide bonds. The van der Waals surface area contributed by atoms with Gasteiger partial charge in [-0.15, -0.1) is 0 Å². The first-order valence-electron chi connectivity index (χ1n) is 11.0. The number of nitrogens with zero attached hydrogens (tertiary/aromatic N) is 2. The Morgan fingerprint density at radius 3 is 2.52 bits per heavy atom. The average Bonchev–Trinajstić information content (AvgIpc) is 2.69. The van der Waals surface area contributed by atoms with Crippen LogP contribution in [0.2, 0.25) is 5.02 Å². The van der Waals surface area contributed by atoms with E-state index in [-0.39, 0.29) is 17.9 Å². The molecule has 0 bridgehead atoms. The molecule has 5 nitrogen and oxygen atoms in total. The number of benzene rings is 1. The SMILES string of the molecule is CCCCN1C(=O)C(CC(C)C)NC(=O)C12CCN(Cc1ccccc1Cl)CC2. The largest absolute Gasteiger partial charge is 0.342 e. The quantitative estimate of drug-likeness (QED) is 0.730. The van der Waals surface area contributed by atoms with Crippen LogP contribution in [0.4, 0.5) is 0 Å². The molecular formula is C23H34ClN3O2. The van der Waals surface area contributed by atoms with Gasteiger partial charge in [0.25, 0.3) is 0 Å². The van der Waals surface area contributed by atoms with E-state index in [0.717, 1.165) is 43.1 Å². The predicted molar refractivity (Wildman–Crippen MR) is 117 cm³/mol. The van der Waals surface area contributed by atoms with Crippen LogP contribution in [0.15, 0.2) is 24.3 Å². The highest BCUT2D eigenvalue weighted by Crippen LogP contribution is 2.35. The molecule has 1 atom stereocenters. The van der Waals surface area contributed by atoms with Gasteiger partial charge in [0.1, 0.15) is 11.6 Å². The number of rotatable bonds is 7. The van der Waals surface area contributed by atoms with E-state index < -0.39 is 5.54 Å². The molecule has 0 aliphatic carbocycles. The summed E-state index contributed by atoms with van der Waals surface area (Å²) in [5, 5.41) is 3.85. The lowest BCUT2D eigenvalue weighted by atomic mass is 9.80. The van der Waals surface area contributed by atoms with Crippen LogP contribution in [0, 0.1) is 5.92 Å². The van der Waals surface area contributed by atoms with Crippen LogP contribution in [0.5, 0.6) is 0 Å². The van der Waals surface area contributed by atoms with E-state index in [4.69, 9.17) is 11.6 Å². The molecule has 1 unspecified atom stereocenters. The average molecular weight is 420 g/mol. The zero-order valence-corrected chi connectivity index (χ0v) is 18.7. The van der Waals surface area contributed by atoms with E-state index in [0.29, 0.717) is 31.7 Å². The molecule has 1 aromatic carbocycles. The number of piperidine rings is 1. The maximum absolute atomic E-state index is 13.3. The second kappa shape index (κ2) is 9.48. The molecule has 3 rings (SSSR count). The lowest BCUT2D eigenvalue weighted by molar-refractivity contribution is -0.161. The Hall–Kier alpha value is -1.59. The Kier molecular flexibility index (Phi) is 7.23. The van der Waals surface area contributed by atoms with Crippen molar-refractivity contribution in [2.24, 2.45) is 5.92 Å². The van der Waals surface area contributed by atoms with Crippen LogP contribution in [0.3, 0.4) is 0 Å². The number of carbonyl (C=O) groups is 2. The van der Waals surface area contributed by atoms with Gasteiger partial charge in [-0.2, -0.15) is 0 Å². The predicted octanol–water partition coefficient (Wildman–Crippen LogP) is 3.85. The molecule has 2 fully saturated rings. The van der Waals surface area contributed by atoms with Crippen LogP contribution < -0.4 is 5.32 Å². The number of hydrogen-bond acceptors (Lipinski definition) is 3. The fourth-order valence-corrected chi connectivity index (χ4v) is 4.79. The Labute approximate surface area is 179 Å². The Morgan fingerprint density at radius 1 is 1.21 bits per heavy atom. The lowest BCUT2D eigenvalue weighted by Gasteiger charge is -2.52. The molecule has 2 aliphatic heterocycles. The van der Waals surface area contributed by atoms with Crippen LogP contribution in [0.25, 0.3) is 0 Å². The van der Waals surface area contributed by atoms with Gasteiger partial charge in [-0.3, -0.25) is 14.5 Å². The van der Waals surface area contributed by atoms with Crippen molar-refractivity contribution in [3.63, 3.8) is 0 Å². The van der Waals surface area contributed by atoms with E-state index in [1.54, 1.807) is 0 Å². The Morgan fingerprint density at radius 2 is 1.90 bits per heavy atom. The maximum atomic E-state index is 13.3. The third kappa shape index (κ3) is 4.77. The number of hydrogen-bond donors (Lipinski definition) is 1. The van der Waals surface area contributed by atoms with E-state index in [1.807, 2.05) is 29.2 Å². The summed E-state index contributed by atoms with van der Waals surface area (Å²) in [4.78, 5) is 30.8. The molecule has 1 N–H and O–H groups in total. The zero-order valence-electron chi connectivity index (χ0n) is 17.9. The summed E-state index contributed by atoms with van der Waals surface area (Å²) in [6.07, 6.45) is 3.98. The van der Waals surface area contributed by atoms with Crippen molar-refractivity contribution in [2.45, 2.75) is 71.0 Å². The van der Waals surface area contributed by atoms with Crippen molar-refractivity contribution < 1.29 is 9.59 Å². The van der Waals surface area contributed by atoms with E-state index in [2.05, 4.69) is 31.0 Å². The molecule has 160 valence electrons. The molecule has 2 heterocycles. The molecule has 2 saturated heterocycles. The summed E-state index contributed by atoms with van der Waals surface area (Å²) in [5.74, 6) is 0.506. The minimum atomic E-state index is -0.698. The van der Waals surface area contributed by atoms with Crippen LogP contribution in [0.1, 0.15) is 58.4 Å². The fraction of sp³-hybridized carbons (Fsp3) is 0.652. The van der Waals surface area contributed by atoms with Crippen molar-refractivity contribution in [3.8, 4) is 0 Å². The summed E-state index contributed by atoms with van der Waals surface area (Å²) in [6, 6.07) is 7.52. The first-order valence-corrected chi connectivity index (χ1v) is 11.3. The highest BCUT2D eigenvalue weighted by molar-refractivity contribution is 6.31. The second-order valence-corrected chi connectivity index (χ2v) is 9.31. The molecule has 6 heteroatoms. The first-order chi connectivity index (χ1) is 13.9. The van der Waals surface area contributed by atoms with E-state index >= 15 is 0 Å². The molecule has 0 saturated carbocycles. The summed E-state index contributed by atoms with van der Waals surface area (Å²) >= 11 is 6.32. The highest BCUT2D eigenvalue weighted by atomic mass is 35.5. The molecule has 1 spiro atoms. The van der Waals surface area contributed by atoms with Crippen molar-refractivity contribution in [1.29, 1.82) is 0 Å². The molecule has 2 aliphatic rings. The Balaban J connectivity index is 1.74. The smallest absolute Gasteiger partial charge is 0.246 e. The number of likely N-dealkylation sites (tertiary alicyclic amines) is 1. The van der Waals surface area contributed by atoms with Gasteiger partial charge in [-0.05, 0) is 43.2 Å². The molecule has 0 aromatic heterocycles. The number of halogens is 1. The molecule has 0 radical (unpaired) electrons. The van der Waals surface area contributed by atoms with E-state index in [9.17, 15) is 9.59 Å². The monoisotopic (exact) mass is 419 g/mol. The van der Waals surface area contributed by atoms with Gasteiger partial charge < -0.3 is 10.2 Å². The minimum absolute atomic E-state index is 0.0382. The van der Waals surface area contributed by atoms with Gasteiger partial charge in [0, 0.05) is 31.2 Å². The minimum Gasteiger partial charge on any atom is -0.342 e. The molecule has 29 heavy (non-hydrogen) atoms. The van der Waals surface area contributed by atoms with Crippen molar-refractivity contribution >= 4 is 23.4 Å². The lowest BCUT2D eigenvalue weighted by Crippen LogP contribution is -2.73. The number of amides is 2. The van der Waals surface area contributed by atoms with Crippen LogP contribution >= 0.6 is 11.6 Å². The van der Waals surface area contributed by atoms with Gasteiger partial charge in [0.2, 0.25) is 11.8 Å². The summed E-state index contributed by atoms with van der Waals surface area (Å²) in [5.41, 5.74) is 0.408. The maximum Gasteiger partial charge on any atom is 0.246 e. The third-order valence-corrected chi connectivity index (χ3v) is 6.65. The number of carbonyl (C=O) groups excluding carboxylic acids is 2. The van der Waals surface area contributed by atoms with Crippen molar-refractivity contribution in [2.75, 3.05) is 19.6 Å². The highest BCUT2D eigenvalue weighted by Gasteiger charge is 2.53. The molecule has 1 aromatic rings. The summed E-state index contributed by atoms with van der Waals surface area (Å²) in [6.45, 7) is 9.31. The summed E-state index contributed by atoms with van der Waals surface area (Å²) in [7, 11) is 0. The van der Waals surface area contributed by atoms with Crippen molar-refractivity contribution in [3.05, 3.63) is 34.9 Å². The number of piperazine rings is 1. The number of nitrogens with one attached hydrogen (secondary N) is 1. The van der Waals surface area contributed by atoms with Gasteiger partial charge >= 0.3 is 0 Å². The topological polar surface area (TPSA) is 52.7 Å². The van der Waals surface area contributed by atoms with Gasteiger partial charge in [0.15, 0.2) is 0 Å². The van der Waals surface area contributed by atoms with Gasteiger partial charge in [0.05, 0.1) is 0 Å². The standard InChI is InChI=1S/C23H34ClN3O2/c1-4-5-12-27-21(28)20(15-17(2)3)25-22(29)23(27)10-13-26(14-11-23)16-18-8-6-7-9-19(18)24/h6-9,17,20H,4-5,10-16H2,1-3H3,(H,25,29). The second-order valence-electron chi connectivity index (χ2n) is 8.90. The van der Waals surface area contributed by atoms with E-state index in [1.165, 1.54) is 0 Å². The van der Waals surface area contributed by atoms with Crippen molar-refractivity contribution in [1.82, 2.24) is 15.1 Å². The first kappa shape index (κ1) is 22.1. The van der Waals surface area contributed by atoms with Crippen LogP contribution in [-0.2, 0) is 16.1 Å². The molecular weight excluding hydrogens is 386 g/mol. The zero-order chi connectivity index (χ0) is 21.0. The normalized spacial score (nSPS) is 22.4. The van der Waals surface area contributed by atoms with Crippen LogP contribution in [-0.4, -0.2) is 52.8 Å².